The molecular formula is C16H15NO. The monoisotopic (exact) mass is 237 g/mol. The van der Waals surface area contributed by atoms with E-state index in [0.717, 1.165) is 22.7 Å². The molecule has 0 spiro atoms. The maximum absolute atomic E-state index is 5.64. The zero-order valence-corrected chi connectivity index (χ0v) is 10.2. The first kappa shape index (κ1) is 12.1. The van der Waals surface area contributed by atoms with E-state index in [-0.39, 0.29) is 0 Å². The second-order valence-electron chi connectivity index (χ2n) is 3.79. The molecule has 90 valence electrons. The zero-order chi connectivity index (χ0) is 12.8. The van der Waals surface area contributed by atoms with Crippen LogP contribution >= 0.6 is 0 Å². The smallest absolute Gasteiger partial charge is 0.130 e. The van der Waals surface area contributed by atoms with Gasteiger partial charge >= 0.3 is 0 Å². The summed E-state index contributed by atoms with van der Waals surface area (Å²) in [5.41, 5.74) is 2.69. The number of hydrogen-bond acceptors (Lipinski definition) is 2. The van der Waals surface area contributed by atoms with Crippen LogP contribution in [0.4, 0.5) is 0 Å². The fraction of sp³-hybridized carbons (Fsp3) is 0.0625. The molecule has 0 fully saturated rings. The molecule has 2 rings (SSSR count). The standard InChI is InChI=1S/C16H15NO/c1-3-13-10-11-14(17-16(13)4-2)12-18-15-8-6-5-7-9-15/h3-11H,1-2,12H2. The molecule has 0 amide bonds. The molecule has 2 heteroatoms. The quantitative estimate of drug-likeness (QED) is 0.785. The van der Waals surface area contributed by atoms with Crippen molar-refractivity contribution < 1.29 is 4.74 Å². The number of ether oxygens (including phenoxy) is 1. The normalized spacial score (nSPS) is 9.78. The minimum absolute atomic E-state index is 0.447. The molecule has 0 aliphatic carbocycles. The van der Waals surface area contributed by atoms with Gasteiger partial charge < -0.3 is 4.74 Å². The van der Waals surface area contributed by atoms with Gasteiger partial charge in [0, 0.05) is 0 Å². The summed E-state index contributed by atoms with van der Waals surface area (Å²) in [6, 6.07) is 13.6. The molecule has 0 saturated heterocycles. The lowest BCUT2D eigenvalue weighted by atomic mass is 10.1. The molecule has 0 atom stereocenters. The predicted molar refractivity (Wildman–Crippen MR) is 75.2 cm³/mol. The van der Waals surface area contributed by atoms with E-state index in [9.17, 15) is 0 Å². The summed E-state index contributed by atoms with van der Waals surface area (Å²) in [7, 11) is 0. The molecule has 0 N–H and O–H groups in total. The van der Waals surface area contributed by atoms with Crippen molar-refractivity contribution in [2.75, 3.05) is 0 Å². The number of pyridine rings is 1. The van der Waals surface area contributed by atoms with Crippen molar-refractivity contribution in [3.63, 3.8) is 0 Å². The average molecular weight is 237 g/mol. The summed E-state index contributed by atoms with van der Waals surface area (Å²) in [5, 5.41) is 0. The Kier molecular flexibility index (Phi) is 3.92. The number of rotatable bonds is 5. The Morgan fingerprint density at radius 3 is 2.44 bits per heavy atom. The van der Waals surface area contributed by atoms with E-state index >= 15 is 0 Å². The van der Waals surface area contributed by atoms with Crippen LogP contribution in [-0.2, 0) is 6.61 Å². The Labute approximate surface area is 107 Å². The van der Waals surface area contributed by atoms with Gasteiger partial charge in [0.2, 0.25) is 0 Å². The van der Waals surface area contributed by atoms with Crippen molar-refractivity contribution >= 4 is 12.2 Å². The number of aromatic nitrogens is 1. The molecule has 2 nitrogen and oxygen atoms in total. The van der Waals surface area contributed by atoms with E-state index < -0.39 is 0 Å². The van der Waals surface area contributed by atoms with Crippen LogP contribution in [0.1, 0.15) is 17.0 Å². The van der Waals surface area contributed by atoms with Gasteiger partial charge in [0.15, 0.2) is 0 Å². The number of hydrogen-bond donors (Lipinski definition) is 0. The van der Waals surface area contributed by atoms with Crippen LogP contribution in [0.15, 0.2) is 55.6 Å². The molecule has 0 radical (unpaired) electrons. The van der Waals surface area contributed by atoms with Crippen LogP contribution in [0, 0.1) is 0 Å². The second kappa shape index (κ2) is 5.82. The van der Waals surface area contributed by atoms with Gasteiger partial charge in [-0.25, -0.2) is 4.98 Å². The fourth-order valence-corrected chi connectivity index (χ4v) is 1.62. The summed E-state index contributed by atoms with van der Waals surface area (Å²) in [6.45, 7) is 7.94. The van der Waals surface area contributed by atoms with Crippen LogP contribution in [0.2, 0.25) is 0 Å². The maximum atomic E-state index is 5.64. The Morgan fingerprint density at radius 2 is 1.78 bits per heavy atom. The summed E-state index contributed by atoms with van der Waals surface area (Å²) >= 11 is 0. The third-order valence-corrected chi connectivity index (χ3v) is 2.56. The molecule has 0 aliphatic rings. The number of benzene rings is 1. The largest absolute Gasteiger partial charge is 0.487 e. The summed E-state index contributed by atoms with van der Waals surface area (Å²) in [5.74, 6) is 0.840. The van der Waals surface area contributed by atoms with Crippen molar-refractivity contribution in [3.8, 4) is 5.75 Å². The van der Waals surface area contributed by atoms with Gasteiger partial charge in [-0.1, -0.05) is 43.5 Å². The third-order valence-electron chi connectivity index (χ3n) is 2.56. The summed E-state index contributed by atoms with van der Waals surface area (Å²) in [4.78, 5) is 4.46. The lowest BCUT2D eigenvalue weighted by Gasteiger charge is -2.07. The first-order valence-electron chi connectivity index (χ1n) is 5.76. The highest BCUT2D eigenvalue weighted by atomic mass is 16.5. The molecule has 18 heavy (non-hydrogen) atoms. The van der Waals surface area contributed by atoms with Crippen molar-refractivity contribution in [1.82, 2.24) is 4.98 Å². The third kappa shape index (κ3) is 2.86. The van der Waals surface area contributed by atoms with Crippen LogP contribution in [0.3, 0.4) is 0 Å². The fourth-order valence-electron chi connectivity index (χ4n) is 1.62. The highest BCUT2D eigenvalue weighted by Crippen LogP contribution is 2.14. The maximum Gasteiger partial charge on any atom is 0.130 e. The number of para-hydroxylation sites is 1. The van der Waals surface area contributed by atoms with Gasteiger partial charge in [0.05, 0.1) is 11.4 Å². The van der Waals surface area contributed by atoms with Gasteiger partial charge in [-0.05, 0) is 29.8 Å². The minimum atomic E-state index is 0.447. The SMILES string of the molecule is C=Cc1ccc(COc2ccccc2)nc1C=C. The van der Waals surface area contributed by atoms with E-state index in [2.05, 4.69) is 18.1 Å². The van der Waals surface area contributed by atoms with Crippen molar-refractivity contribution in [2.24, 2.45) is 0 Å². The number of nitrogens with zero attached hydrogens (tertiary/aromatic N) is 1. The average Bonchev–Trinajstić information content (AvgIpc) is 2.45. The molecule has 0 aliphatic heterocycles. The van der Waals surface area contributed by atoms with Crippen molar-refractivity contribution in [3.05, 3.63) is 72.6 Å². The van der Waals surface area contributed by atoms with Crippen LogP contribution in [-0.4, -0.2) is 4.98 Å². The Morgan fingerprint density at radius 1 is 1.00 bits per heavy atom. The van der Waals surface area contributed by atoms with E-state index in [1.807, 2.05) is 42.5 Å². The summed E-state index contributed by atoms with van der Waals surface area (Å²) in [6.07, 6.45) is 3.49. The molecule has 0 bridgehead atoms. The zero-order valence-electron chi connectivity index (χ0n) is 10.2. The van der Waals surface area contributed by atoms with Gasteiger partial charge in [-0.3, -0.25) is 0 Å². The van der Waals surface area contributed by atoms with Gasteiger partial charge in [0.25, 0.3) is 0 Å². The van der Waals surface area contributed by atoms with Crippen LogP contribution in [0.5, 0.6) is 5.75 Å². The molecule has 1 aromatic heterocycles. The first-order chi connectivity index (χ1) is 8.83. The van der Waals surface area contributed by atoms with Crippen LogP contribution in [0.25, 0.3) is 12.2 Å². The minimum Gasteiger partial charge on any atom is -0.487 e. The molecule has 2 aromatic rings. The Hall–Kier alpha value is -2.35. The second-order valence-corrected chi connectivity index (χ2v) is 3.79. The van der Waals surface area contributed by atoms with E-state index in [1.54, 1.807) is 12.2 Å². The Balaban J connectivity index is 2.10. The van der Waals surface area contributed by atoms with E-state index in [1.165, 1.54) is 0 Å². The predicted octanol–water partition coefficient (Wildman–Crippen LogP) is 3.95. The van der Waals surface area contributed by atoms with Crippen molar-refractivity contribution in [1.29, 1.82) is 0 Å². The highest BCUT2D eigenvalue weighted by molar-refractivity contribution is 5.60. The molecule has 1 aromatic carbocycles. The lowest BCUT2D eigenvalue weighted by molar-refractivity contribution is 0.301. The molecule has 1 heterocycles. The van der Waals surface area contributed by atoms with Gasteiger partial charge in [-0.2, -0.15) is 0 Å². The van der Waals surface area contributed by atoms with Crippen molar-refractivity contribution in [2.45, 2.75) is 6.61 Å². The molecule has 0 saturated carbocycles. The molecular weight excluding hydrogens is 222 g/mol. The van der Waals surface area contributed by atoms with Gasteiger partial charge in [-0.15, -0.1) is 0 Å². The first-order valence-corrected chi connectivity index (χ1v) is 5.76. The Bertz CT molecular complexity index is 546. The highest BCUT2D eigenvalue weighted by Gasteiger charge is 2.01. The topological polar surface area (TPSA) is 22.1 Å². The molecule has 0 unspecified atom stereocenters. The van der Waals surface area contributed by atoms with E-state index in [4.69, 9.17) is 4.74 Å². The van der Waals surface area contributed by atoms with Gasteiger partial charge in [0.1, 0.15) is 12.4 Å². The van der Waals surface area contributed by atoms with Crippen LogP contribution < -0.4 is 4.74 Å². The van der Waals surface area contributed by atoms with E-state index in [0.29, 0.717) is 6.61 Å². The lowest BCUT2D eigenvalue weighted by Crippen LogP contribution is -2.00. The summed E-state index contributed by atoms with van der Waals surface area (Å²) < 4.78 is 5.64.